The molecule has 4 heterocycles. The molecule has 0 spiro atoms. The second-order valence-electron chi connectivity index (χ2n) is 6.81. The lowest BCUT2D eigenvalue weighted by molar-refractivity contribution is -0.130. The Balaban J connectivity index is 1.54. The van der Waals surface area contributed by atoms with Crippen molar-refractivity contribution in [3.8, 4) is 0 Å². The molecule has 1 atom stereocenters. The van der Waals surface area contributed by atoms with Crippen LogP contribution in [0, 0.1) is 6.92 Å². The first-order chi connectivity index (χ1) is 12.1. The van der Waals surface area contributed by atoms with Crippen molar-refractivity contribution in [2.24, 2.45) is 0 Å². The van der Waals surface area contributed by atoms with Gasteiger partial charge < -0.3 is 14.4 Å². The van der Waals surface area contributed by atoms with Gasteiger partial charge in [-0.05, 0) is 25.8 Å². The number of nitrogens with zero attached hydrogens (tertiary/aromatic N) is 7. The minimum absolute atomic E-state index is 0.0961. The number of carbonyl (C=O) groups excluding carboxylic acids is 1. The van der Waals surface area contributed by atoms with Crippen molar-refractivity contribution in [3.05, 3.63) is 29.7 Å². The zero-order chi connectivity index (χ0) is 17.4. The highest BCUT2D eigenvalue weighted by Crippen LogP contribution is 2.29. The molecule has 0 bridgehead atoms. The first kappa shape index (κ1) is 16.0. The van der Waals surface area contributed by atoms with Crippen molar-refractivity contribution in [2.45, 2.75) is 45.7 Å². The van der Waals surface area contributed by atoms with E-state index in [2.05, 4.69) is 29.6 Å². The van der Waals surface area contributed by atoms with E-state index in [1.807, 2.05) is 24.1 Å². The van der Waals surface area contributed by atoms with Crippen molar-refractivity contribution in [1.29, 1.82) is 0 Å². The summed E-state index contributed by atoms with van der Waals surface area (Å²) in [7, 11) is 0. The number of aryl methyl sites for hydroxylation is 1. The summed E-state index contributed by atoms with van der Waals surface area (Å²) in [4.78, 5) is 24.5. The van der Waals surface area contributed by atoms with Crippen molar-refractivity contribution in [1.82, 2.24) is 29.6 Å². The normalized spacial score (nSPS) is 20.5. The molecule has 0 aliphatic carbocycles. The Kier molecular flexibility index (Phi) is 4.10. The molecule has 8 heteroatoms. The third-order valence-corrected chi connectivity index (χ3v) is 5.10. The highest BCUT2D eigenvalue weighted by molar-refractivity contribution is 5.73. The molecule has 2 aromatic rings. The van der Waals surface area contributed by atoms with Crippen LogP contribution in [-0.4, -0.2) is 55.2 Å². The largest absolute Gasteiger partial charge is 0.356 e. The molecule has 1 fully saturated rings. The third-order valence-electron chi connectivity index (χ3n) is 5.10. The molecule has 132 valence electrons. The lowest BCUT2D eigenvalue weighted by Crippen LogP contribution is -2.39. The fourth-order valence-electron chi connectivity index (χ4n) is 3.77. The van der Waals surface area contributed by atoms with Gasteiger partial charge in [0.25, 0.3) is 0 Å². The maximum absolute atomic E-state index is 11.6. The maximum atomic E-state index is 11.6. The zero-order valence-corrected chi connectivity index (χ0v) is 14.7. The Morgan fingerprint density at radius 2 is 2.12 bits per heavy atom. The molecule has 8 nitrogen and oxygen atoms in total. The average Bonchev–Trinajstić information content (AvgIpc) is 3.05. The molecular formula is C17H23N7O. The smallest absolute Gasteiger partial charge is 0.219 e. The van der Waals surface area contributed by atoms with Crippen molar-refractivity contribution >= 4 is 11.7 Å². The van der Waals surface area contributed by atoms with Crippen LogP contribution >= 0.6 is 0 Å². The number of piperidine rings is 1. The van der Waals surface area contributed by atoms with Gasteiger partial charge in [-0.1, -0.05) is 0 Å². The number of anilines is 1. The lowest BCUT2D eigenvalue weighted by Gasteiger charge is -2.34. The minimum atomic E-state index is 0.0961. The third kappa shape index (κ3) is 3.08. The van der Waals surface area contributed by atoms with Crippen molar-refractivity contribution < 1.29 is 4.79 Å². The predicted octanol–water partition coefficient (Wildman–Crippen LogP) is 1.12. The van der Waals surface area contributed by atoms with Gasteiger partial charge in [-0.3, -0.25) is 4.79 Å². The van der Waals surface area contributed by atoms with Gasteiger partial charge in [-0.15, -0.1) is 10.2 Å². The lowest BCUT2D eigenvalue weighted by atomic mass is 9.97. The van der Waals surface area contributed by atoms with E-state index in [1.165, 1.54) is 0 Å². The Labute approximate surface area is 146 Å². The summed E-state index contributed by atoms with van der Waals surface area (Å²) in [5, 5.41) is 8.83. The number of hydrogen-bond donors (Lipinski definition) is 0. The molecule has 4 rings (SSSR count). The number of fused-ring (bicyclic) bond motifs is 1. The number of hydrogen-bond acceptors (Lipinski definition) is 6. The molecule has 2 aliphatic heterocycles. The zero-order valence-electron chi connectivity index (χ0n) is 14.7. The van der Waals surface area contributed by atoms with Crippen LogP contribution in [0.4, 0.5) is 5.82 Å². The summed E-state index contributed by atoms with van der Waals surface area (Å²) in [5.41, 5.74) is 0. The Hall–Kier alpha value is -2.51. The summed E-state index contributed by atoms with van der Waals surface area (Å²) in [5.74, 6) is 4.16. The van der Waals surface area contributed by atoms with Crippen LogP contribution in [0.15, 0.2) is 12.3 Å². The molecule has 2 aliphatic rings. The fourth-order valence-corrected chi connectivity index (χ4v) is 3.77. The van der Waals surface area contributed by atoms with Gasteiger partial charge in [0, 0.05) is 45.2 Å². The van der Waals surface area contributed by atoms with Crippen molar-refractivity contribution in [2.75, 3.05) is 24.5 Å². The quantitative estimate of drug-likeness (QED) is 0.814. The topological polar surface area (TPSA) is 80.0 Å². The van der Waals surface area contributed by atoms with E-state index in [9.17, 15) is 4.79 Å². The van der Waals surface area contributed by atoms with Gasteiger partial charge >= 0.3 is 0 Å². The van der Waals surface area contributed by atoms with Crippen LogP contribution in [0.5, 0.6) is 0 Å². The Morgan fingerprint density at radius 3 is 2.92 bits per heavy atom. The first-order valence-corrected chi connectivity index (χ1v) is 8.84. The average molecular weight is 341 g/mol. The molecule has 0 saturated carbocycles. The van der Waals surface area contributed by atoms with Crippen LogP contribution in [0.3, 0.4) is 0 Å². The molecule has 1 saturated heterocycles. The summed E-state index contributed by atoms with van der Waals surface area (Å²) in [6, 6.07) is 1.97. The van der Waals surface area contributed by atoms with E-state index >= 15 is 0 Å². The second kappa shape index (κ2) is 6.42. The van der Waals surface area contributed by atoms with Gasteiger partial charge in [0.1, 0.15) is 17.5 Å². The fraction of sp³-hybridized carbons (Fsp3) is 0.588. The second-order valence-corrected chi connectivity index (χ2v) is 6.81. The van der Waals surface area contributed by atoms with Crippen LogP contribution in [0.25, 0.3) is 0 Å². The molecule has 0 aromatic carbocycles. The SMILES string of the molecule is CC(=O)N1CCn2c(nnc2C2CCCN(c3ccnc(C)n3)C2)C1. The van der Waals surface area contributed by atoms with E-state index in [0.29, 0.717) is 12.5 Å². The van der Waals surface area contributed by atoms with E-state index in [-0.39, 0.29) is 5.91 Å². The monoisotopic (exact) mass is 341 g/mol. The van der Waals surface area contributed by atoms with Crippen LogP contribution in [0.1, 0.15) is 43.2 Å². The van der Waals surface area contributed by atoms with E-state index in [4.69, 9.17) is 0 Å². The van der Waals surface area contributed by atoms with Crippen LogP contribution < -0.4 is 4.90 Å². The Morgan fingerprint density at radius 1 is 1.24 bits per heavy atom. The van der Waals surface area contributed by atoms with E-state index in [1.54, 1.807) is 6.92 Å². The van der Waals surface area contributed by atoms with Gasteiger partial charge in [-0.2, -0.15) is 0 Å². The van der Waals surface area contributed by atoms with Gasteiger partial charge in [0.05, 0.1) is 6.54 Å². The summed E-state index contributed by atoms with van der Waals surface area (Å²) < 4.78 is 2.21. The molecule has 1 amide bonds. The van der Waals surface area contributed by atoms with E-state index < -0.39 is 0 Å². The van der Waals surface area contributed by atoms with E-state index in [0.717, 1.165) is 62.3 Å². The summed E-state index contributed by atoms with van der Waals surface area (Å²) >= 11 is 0. The predicted molar refractivity (Wildman–Crippen MR) is 92.1 cm³/mol. The molecule has 25 heavy (non-hydrogen) atoms. The number of amides is 1. The molecular weight excluding hydrogens is 318 g/mol. The van der Waals surface area contributed by atoms with Crippen LogP contribution in [0.2, 0.25) is 0 Å². The minimum Gasteiger partial charge on any atom is -0.356 e. The molecule has 2 aromatic heterocycles. The van der Waals surface area contributed by atoms with Gasteiger partial charge in [0.2, 0.25) is 5.91 Å². The highest BCUT2D eigenvalue weighted by Gasteiger charge is 2.30. The number of rotatable bonds is 2. The number of aromatic nitrogens is 5. The van der Waals surface area contributed by atoms with Gasteiger partial charge in [0.15, 0.2) is 5.82 Å². The Bertz CT molecular complexity index is 787. The number of carbonyl (C=O) groups is 1. The standard InChI is InChI=1S/C17H23N7O/c1-12-18-6-5-15(19-12)23-7-3-4-14(10-23)17-21-20-16-11-22(13(2)25)8-9-24(16)17/h5-6,14H,3-4,7-11H2,1-2H3. The molecule has 0 N–H and O–H groups in total. The highest BCUT2D eigenvalue weighted by atomic mass is 16.2. The van der Waals surface area contributed by atoms with Crippen molar-refractivity contribution in [3.63, 3.8) is 0 Å². The first-order valence-electron chi connectivity index (χ1n) is 8.84. The molecule has 1 unspecified atom stereocenters. The van der Waals surface area contributed by atoms with Gasteiger partial charge in [-0.25, -0.2) is 9.97 Å². The summed E-state index contributed by atoms with van der Waals surface area (Å²) in [6.45, 7) is 7.49. The maximum Gasteiger partial charge on any atom is 0.219 e. The van der Waals surface area contributed by atoms with Crippen LogP contribution in [-0.2, 0) is 17.9 Å². The molecule has 0 radical (unpaired) electrons. The summed E-state index contributed by atoms with van der Waals surface area (Å²) in [6.07, 6.45) is 4.03.